The van der Waals surface area contributed by atoms with Crippen molar-refractivity contribution in [3.8, 4) is 11.1 Å². The average Bonchev–Trinajstić information content (AvgIpc) is 2.89. The number of nitrogens with zero attached hydrogens (tertiary/aromatic N) is 2. The third-order valence-electron chi connectivity index (χ3n) is 5.68. The van der Waals surface area contributed by atoms with Crippen molar-refractivity contribution in [3.63, 3.8) is 0 Å². The van der Waals surface area contributed by atoms with Crippen LogP contribution in [0.1, 0.15) is 27.0 Å². The van der Waals surface area contributed by atoms with E-state index < -0.39 is 27.7 Å². The molecular weight excluding hydrogens is 505 g/mol. The summed E-state index contributed by atoms with van der Waals surface area (Å²) in [5, 5.41) is 9.06. The molecule has 0 atom stereocenters. The van der Waals surface area contributed by atoms with Crippen LogP contribution in [0.25, 0.3) is 11.1 Å². The van der Waals surface area contributed by atoms with Crippen molar-refractivity contribution in [1.29, 1.82) is 0 Å². The summed E-state index contributed by atoms with van der Waals surface area (Å²) in [7, 11) is -4.15. The number of aromatic carboxylic acids is 1. The Morgan fingerprint density at radius 2 is 1.38 bits per heavy atom. The van der Waals surface area contributed by atoms with Crippen LogP contribution in [0.15, 0.2) is 102 Å². The molecule has 0 unspecified atom stereocenters. The van der Waals surface area contributed by atoms with E-state index in [1.165, 1.54) is 22.6 Å². The van der Waals surface area contributed by atoms with E-state index in [0.717, 1.165) is 35.4 Å². The molecule has 0 radical (unpaired) electrons. The highest BCUT2D eigenvalue weighted by Gasteiger charge is 2.31. The van der Waals surface area contributed by atoms with Gasteiger partial charge >= 0.3 is 12.1 Å². The first-order chi connectivity index (χ1) is 17.5. The van der Waals surface area contributed by atoms with E-state index >= 15 is 0 Å². The SMILES string of the molecule is O=C(O)c1ccc(-c2ccc(CN(Cc3cccnc3)S(=O)(=O)c3ccc(C(F)(F)F)cc3)cc2)cc1. The van der Waals surface area contributed by atoms with Crippen LogP contribution in [0.2, 0.25) is 0 Å². The Hall–Kier alpha value is -4.02. The molecule has 0 amide bonds. The fourth-order valence-corrected chi connectivity index (χ4v) is 5.11. The Morgan fingerprint density at radius 3 is 1.89 bits per heavy atom. The van der Waals surface area contributed by atoms with Crippen LogP contribution >= 0.6 is 0 Å². The molecule has 0 bridgehead atoms. The van der Waals surface area contributed by atoms with Gasteiger partial charge in [0.25, 0.3) is 0 Å². The van der Waals surface area contributed by atoms with Crippen LogP contribution in [-0.2, 0) is 29.3 Å². The van der Waals surface area contributed by atoms with Gasteiger partial charge in [-0.25, -0.2) is 13.2 Å². The normalized spacial score (nSPS) is 12.0. The Labute approximate surface area is 211 Å². The molecule has 0 fully saturated rings. The molecule has 1 aromatic heterocycles. The molecule has 0 saturated carbocycles. The monoisotopic (exact) mass is 526 g/mol. The number of pyridine rings is 1. The zero-order valence-corrected chi connectivity index (χ0v) is 20.1. The first-order valence-electron chi connectivity index (χ1n) is 11.0. The van der Waals surface area contributed by atoms with Crippen molar-refractivity contribution in [2.45, 2.75) is 24.2 Å². The number of halogens is 3. The molecule has 0 spiro atoms. The van der Waals surface area contributed by atoms with Crippen LogP contribution in [-0.4, -0.2) is 28.8 Å². The Morgan fingerprint density at radius 1 is 0.811 bits per heavy atom. The second kappa shape index (κ2) is 10.5. The van der Waals surface area contributed by atoms with E-state index in [1.807, 2.05) is 0 Å². The number of carboxylic acids is 1. The average molecular weight is 527 g/mol. The van der Waals surface area contributed by atoms with Crippen molar-refractivity contribution >= 4 is 16.0 Å². The third-order valence-corrected chi connectivity index (χ3v) is 7.49. The maximum absolute atomic E-state index is 13.5. The number of carbonyl (C=O) groups is 1. The van der Waals surface area contributed by atoms with Crippen molar-refractivity contribution in [1.82, 2.24) is 9.29 Å². The highest BCUT2D eigenvalue weighted by Crippen LogP contribution is 2.31. The summed E-state index contributed by atoms with van der Waals surface area (Å²) >= 11 is 0. The van der Waals surface area contributed by atoms with Crippen LogP contribution < -0.4 is 0 Å². The van der Waals surface area contributed by atoms with Crippen LogP contribution in [0.5, 0.6) is 0 Å². The number of rotatable bonds is 8. The van der Waals surface area contributed by atoms with E-state index in [0.29, 0.717) is 11.1 Å². The molecule has 190 valence electrons. The number of alkyl halides is 3. The van der Waals surface area contributed by atoms with Crippen LogP contribution in [0, 0.1) is 0 Å². The lowest BCUT2D eigenvalue weighted by atomic mass is 10.0. The zero-order valence-electron chi connectivity index (χ0n) is 19.3. The van der Waals surface area contributed by atoms with Gasteiger partial charge < -0.3 is 5.11 Å². The highest BCUT2D eigenvalue weighted by molar-refractivity contribution is 7.89. The Kier molecular flexibility index (Phi) is 7.42. The number of aromatic nitrogens is 1. The first kappa shape index (κ1) is 26.1. The minimum absolute atomic E-state index is 0.0313. The van der Waals surface area contributed by atoms with Crippen LogP contribution in [0.4, 0.5) is 13.2 Å². The smallest absolute Gasteiger partial charge is 0.416 e. The molecule has 10 heteroatoms. The van der Waals surface area contributed by atoms with Crippen molar-refractivity contribution in [2.24, 2.45) is 0 Å². The van der Waals surface area contributed by atoms with Crippen LogP contribution in [0.3, 0.4) is 0 Å². The molecule has 0 aliphatic rings. The van der Waals surface area contributed by atoms with Gasteiger partial charge in [0.2, 0.25) is 10.0 Å². The molecule has 6 nitrogen and oxygen atoms in total. The van der Waals surface area contributed by atoms with Gasteiger partial charge in [0.05, 0.1) is 16.0 Å². The fraction of sp³-hybridized carbons (Fsp3) is 0.111. The molecule has 0 aliphatic carbocycles. The van der Waals surface area contributed by atoms with Crippen molar-refractivity contribution in [2.75, 3.05) is 0 Å². The molecule has 4 rings (SSSR count). The quantitative estimate of drug-likeness (QED) is 0.311. The molecule has 0 aliphatic heterocycles. The predicted molar refractivity (Wildman–Crippen MR) is 131 cm³/mol. The van der Waals surface area contributed by atoms with Gasteiger partial charge in [-0.2, -0.15) is 17.5 Å². The minimum atomic E-state index is -4.58. The second-order valence-corrected chi connectivity index (χ2v) is 10.2. The van der Waals surface area contributed by atoms with Gasteiger partial charge in [-0.3, -0.25) is 4.98 Å². The molecule has 1 N–H and O–H groups in total. The number of hydrogen-bond donors (Lipinski definition) is 1. The molecular formula is C27H21F3N2O4S. The van der Waals surface area contributed by atoms with Gasteiger partial charge in [-0.15, -0.1) is 0 Å². The summed E-state index contributed by atoms with van der Waals surface area (Å²) in [6, 6.07) is 20.2. The van der Waals surface area contributed by atoms with Crippen molar-refractivity contribution < 1.29 is 31.5 Å². The molecule has 1 heterocycles. The summed E-state index contributed by atoms with van der Waals surface area (Å²) in [5.74, 6) is -1.02. The lowest BCUT2D eigenvalue weighted by Crippen LogP contribution is -2.30. The summed E-state index contributed by atoms with van der Waals surface area (Å²) in [4.78, 5) is 14.8. The largest absolute Gasteiger partial charge is 0.478 e. The Balaban J connectivity index is 1.61. The molecule has 0 saturated heterocycles. The summed E-state index contributed by atoms with van der Waals surface area (Å²) in [6.07, 6.45) is -1.49. The van der Waals surface area contributed by atoms with Gasteiger partial charge in [0, 0.05) is 25.5 Å². The second-order valence-electron chi connectivity index (χ2n) is 8.24. The number of carboxylic acid groups (broad SMARTS) is 1. The maximum Gasteiger partial charge on any atom is 0.416 e. The zero-order chi connectivity index (χ0) is 26.6. The minimum Gasteiger partial charge on any atom is -0.478 e. The highest BCUT2D eigenvalue weighted by atomic mass is 32.2. The topological polar surface area (TPSA) is 87.6 Å². The van der Waals surface area contributed by atoms with E-state index in [-0.39, 0.29) is 23.5 Å². The lowest BCUT2D eigenvalue weighted by molar-refractivity contribution is -0.137. The van der Waals surface area contributed by atoms with Gasteiger partial charge in [-0.05, 0) is 64.7 Å². The third kappa shape index (κ3) is 6.22. The summed E-state index contributed by atoms with van der Waals surface area (Å²) in [5.41, 5.74) is 2.11. The molecule has 3 aromatic carbocycles. The van der Waals surface area contributed by atoms with Gasteiger partial charge in [0.1, 0.15) is 0 Å². The van der Waals surface area contributed by atoms with Crippen molar-refractivity contribution in [3.05, 3.63) is 120 Å². The Bertz CT molecular complexity index is 1470. The molecule has 37 heavy (non-hydrogen) atoms. The summed E-state index contributed by atoms with van der Waals surface area (Å²) in [6.45, 7) is -0.0634. The summed E-state index contributed by atoms with van der Waals surface area (Å²) < 4.78 is 67.0. The number of hydrogen-bond acceptors (Lipinski definition) is 4. The lowest BCUT2D eigenvalue weighted by Gasteiger charge is -2.23. The molecule has 4 aromatic rings. The standard InChI is InChI=1S/C27H21F3N2O4S/c28-27(29,30)24-11-13-25(14-12-24)37(35,36)32(18-20-2-1-15-31-16-20)17-19-3-5-21(6-4-19)22-7-9-23(10-8-22)26(33)34/h1-16H,17-18H2,(H,33,34). The predicted octanol–water partition coefficient (Wildman–Crippen LogP) is 5.86. The van der Waals surface area contributed by atoms with E-state index in [1.54, 1.807) is 54.7 Å². The number of sulfonamides is 1. The van der Waals surface area contributed by atoms with E-state index in [9.17, 15) is 26.4 Å². The van der Waals surface area contributed by atoms with Gasteiger partial charge in [0.15, 0.2) is 0 Å². The van der Waals surface area contributed by atoms with E-state index in [2.05, 4.69) is 4.98 Å². The number of benzene rings is 3. The first-order valence-corrected chi connectivity index (χ1v) is 12.5. The fourth-order valence-electron chi connectivity index (χ4n) is 3.70. The van der Waals surface area contributed by atoms with E-state index in [4.69, 9.17) is 5.11 Å². The van der Waals surface area contributed by atoms with Gasteiger partial charge in [-0.1, -0.05) is 42.5 Å². The maximum atomic E-state index is 13.5.